The fraction of sp³-hybridized carbons (Fsp3) is 0.235. The van der Waals surface area contributed by atoms with Crippen molar-refractivity contribution >= 4 is 33.4 Å². The summed E-state index contributed by atoms with van der Waals surface area (Å²) in [5.74, 6) is -0.0718. The molecule has 0 heterocycles. The molecular weight excluding hydrogens is 350 g/mol. The third kappa shape index (κ3) is 4.08. The minimum Gasteiger partial charge on any atom is -0.345 e. The van der Waals surface area contributed by atoms with E-state index in [2.05, 4.69) is 21.2 Å². The number of hydrogen-bond acceptors (Lipinski definition) is 1. The molecule has 1 atom stereocenters. The number of nitrogens with one attached hydrogen (secondary N) is 1. The van der Waals surface area contributed by atoms with Crippen LogP contribution in [0.1, 0.15) is 40.9 Å². The van der Waals surface area contributed by atoms with Gasteiger partial charge in [0.05, 0.1) is 6.04 Å². The molecule has 0 bridgehead atoms. The second kappa shape index (κ2) is 7.10. The Kier molecular flexibility index (Phi) is 5.43. The molecule has 0 aromatic heterocycles. The van der Waals surface area contributed by atoms with Gasteiger partial charge in [-0.2, -0.15) is 0 Å². The minimum atomic E-state index is -0.0718. The van der Waals surface area contributed by atoms with E-state index < -0.39 is 0 Å². The Hall–Kier alpha value is -1.32. The highest BCUT2D eigenvalue weighted by molar-refractivity contribution is 9.10. The van der Waals surface area contributed by atoms with E-state index in [9.17, 15) is 4.79 Å². The lowest BCUT2D eigenvalue weighted by molar-refractivity contribution is 0.0935. The van der Waals surface area contributed by atoms with Gasteiger partial charge in [-0.1, -0.05) is 52.7 Å². The van der Waals surface area contributed by atoms with Crippen LogP contribution in [0.15, 0.2) is 46.9 Å². The van der Waals surface area contributed by atoms with E-state index in [-0.39, 0.29) is 11.9 Å². The predicted molar refractivity (Wildman–Crippen MR) is 90.8 cm³/mol. The Morgan fingerprint density at radius 3 is 2.48 bits per heavy atom. The normalized spacial score (nSPS) is 12.0. The van der Waals surface area contributed by atoms with E-state index in [0.29, 0.717) is 10.6 Å². The Morgan fingerprint density at radius 2 is 1.90 bits per heavy atom. The molecule has 0 aliphatic rings. The van der Waals surface area contributed by atoms with Gasteiger partial charge in [0.1, 0.15) is 0 Å². The average Bonchev–Trinajstić information content (AvgIpc) is 2.48. The largest absolute Gasteiger partial charge is 0.345 e. The van der Waals surface area contributed by atoms with Crippen LogP contribution in [0.4, 0.5) is 0 Å². The number of carbonyl (C=O) groups excluding carboxylic acids is 1. The number of rotatable bonds is 4. The lowest BCUT2D eigenvalue weighted by Crippen LogP contribution is -2.28. The molecule has 0 saturated carbocycles. The summed E-state index contributed by atoms with van der Waals surface area (Å²) in [5.41, 5.74) is 2.82. The van der Waals surface area contributed by atoms with E-state index in [1.165, 1.54) is 0 Å². The van der Waals surface area contributed by atoms with Gasteiger partial charge in [0.2, 0.25) is 0 Å². The number of halogens is 2. The Bertz CT molecular complexity index is 640. The Balaban J connectivity index is 2.15. The van der Waals surface area contributed by atoms with Crippen molar-refractivity contribution in [2.45, 2.75) is 26.3 Å². The van der Waals surface area contributed by atoms with E-state index in [1.54, 1.807) is 0 Å². The zero-order chi connectivity index (χ0) is 15.4. The van der Waals surface area contributed by atoms with Gasteiger partial charge in [0, 0.05) is 15.1 Å². The molecule has 0 fully saturated rings. The molecule has 2 nitrogen and oxygen atoms in total. The first kappa shape index (κ1) is 16.1. The van der Waals surface area contributed by atoms with Gasteiger partial charge in [0.15, 0.2) is 0 Å². The maximum Gasteiger partial charge on any atom is 0.251 e. The molecule has 4 heteroatoms. The first-order chi connectivity index (χ1) is 10.0. The number of benzene rings is 2. The second-order valence-electron chi connectivity index (χ2n) is 4.95. The van der Waals surface area contributed by atoms with E-state index in [1.807, 2.05) is 56.3 Å². The molecule has 0 aliphatic carbocycles. The van der Waals surface area contributed by atoms with Crippen molar-refractivity contribution in [2.24, 2.45) is 0 Å². The van der Waals surface area contributed by atoms with Crippen molar-refractivity contribution in [1.82, 2.24) is 5.32 Å². The SMILES string of the molecule is CCC(NC(=O)c1ccc(C)c(Br)c1)c1ccc(Cl)cc1. The maximum absolute atomic E-state index is 12.4. The summed E-state index contributed by atoms with van der Waals surface area (Å²) in [6, 6.07) is 13.2. The zero-order valence-electron chi connectivity index (χ0n) is 12.0. The van der Waals surface area contributed by atoms with Gasteiger partial charge in [-0.25, -0.2) is 0 Å². The zero-order valence-corrected chi connectivity index (χ0v) is 14.3. The standard InChI is InChI=1S/C17H17BrClNO/c1-3-16(12-6-8-14(19)9-7-12)20-17(21)13-5-4-11(2)15(18)10-13/h4-10,16H,3H2,1-2H3,(H,20,21). The van der Waals surface area contributed by atoms with Crippen LogP contribution in [0.25, 0.3) is 0 Å². The maximum atomic E-state index is 12.4. The van der Waals surface area contributed by atoms with E-state index >= 15 is 0 Å². The first-order valence-electron chi connectivity index (χ1n) is 6.83. The molecule has 0 aliphatic heterocycles. The molecular formula is C17H17BrClNO. The molecule has 1 N–H and O–H groups in total. The summed E-state index contributed by atoms with van der Waals surface area (Å²) in [6.45, 7) is 4.04. The smallest absolute Gasteiger partial charge is 0.251 e. The molecule has 1 amide bonds. The van der Waals surface area contributed by atoms with Gasteiger partial charge >= 0.3 is 0 Å². The number of carbonyl (C=O) groups is 1. The van der Waals surface area contributed by atoms with Gasteiger partial charge < -0.3 is 5.32 Å². The molecule has 2 aromatic rings. The summed E-state index contributed by atoms with van der Waals surface area (Å²) in [6.07, 6.45) is 0.820. The molecule has 2 rings (SSSR count). The van der Waals surface area contributed by atoms with Crippen molar-refractivity contribution in [3.63, 3.8) is 0 Å². The Labute approximate surface area is 138 Å². The lowest BCUT2D eigenvalue weighted by atomic mass is 10.0. The summed E-state index contributed by atoms with van der Waals surface area (Å²) >= 11 is 9.36. The summed E-state index contributed by atoms with van der Waals surface area (Å²) in [7, 11) is 0. The fourth-order valence-corrected chi connectivity index (χ4v) is 2.60. The van der Waals surface area contributed by atoms with Crippen molar-refractivity contribution < 1.29 is 4.79 Å². The first-order valence-corrected chi connectivity index (χ1v) is 8.01. The highest BCUT2D eigenvalue weighted by Crippen LogP contribution is 2.21. The summed E-state index contributed by atoms with van der Waals surface area (Å²) < 4.78 is 0.940. The van der Waals surface area contributed by atoms with Crippen molar-refractivity contribution in [3.05, 3.63) is 68.7 Å². The Morgan fingerprint density at radius 1 is 1.24 bits per heavy atom. The predicted octanol–water partition coefficient (Wildman–Crippen LogP) is 5.29. The molecule has 1 unspecified atom stereocenters. The van der Waals surface area contributed by atoms with Crippen LogP contribution in [0, 0.1) is 6.92 Å². The number of aryl methyl sites for hydroxylation is 1. The molecule has 0 saturated heterocycles. The molecule has 21 heavy (non-hydrogen) atoms. The van der Waals surface area contributed by atoms with Crippen LogP contribution in [0.3, 0.4) is 0 Å². The van der Waals surface area contributed by atoms with Gasteiger partial charge in [-0.3, -0.25) is 4.79 Å². The number of hydrogen-bond donors (Lipinski definition) is 1. The van der Waals surface area contributed by atoms with E-state index in [0.717, 1.165) is 22.0 Å². The monoisotopic (exact) mass is 365 g/mol. The van der Waals surface area contributed by atoms with Crippen molar-refractivity contribution in [3.8, 4) is 0 Å². The molecule has 2 aromatic carbocycles. The second-order valence-corrected chi connectivity index (χ2v) is 6.24. The van der Waals surface area contributed by atoms with Crippen LogP contribution in [-0.2, 0) is 0 Å². The molecule has 0 radical (unpaired) electrons. The summed E-state index contributed by atoms with van der Waals surface area (Å²) in [4.78, 5) is 12.4. The van der Waals surface area contributed by atoms with Gasteiger partial charge in [-0.15, -0.1) is 0 Å². The van der Waals surface area contributed by atoms with Gasteiger partial charge in [-0.05, 0) is 48.7 Å². The van der Waals surface area contributed by atoms with Crippen LogP contribution >= 0.6 is 27.5 Å². The van der Waals surface area contributed by atoms with E-state index in [4.69, 9.17) is 11.6 Å². The summed E-state index contributed by atoms with van der Waals surface area (Å²) in [5, 5.41) is 3.76. The quantitative estimate of drug-likeness (QED) is 0.782. The van der Waals surface area contributed by atoms with Crippen LogP contribution in [-0.4, -0.2) is 5.91 Å². The number of amides is 1. The molecule has 0 spiro atoms. The average molecular weight is 367 g/mol. The lowest BCUT2D eigenvalue weighted by Gasteiger charge is -2.18. The topological polar surface area (TPSA) is 29.1 Å². The van der Waals surface area contributed by atoms with Gasteiger partial charge in [0.25, 0.3) is 5.91 Å². The fourth-order valence-electron chi connectivity index (χ4n) is 2.09. The highest BCUT2D eigenvalue weighted by Gasteiger charge is 2.14. The third-order valence-corrected chi connectivity index (χ3v) is 4.53. The highest BCUT2D eigenvalue weighted by atomic mass is 79.9. The van der Waals surface area contributed by atoms with Crippen molar-refractivity contribution in [1.29, 1.82) is 0 Å². The van der Waals surface area contributed by atoms with Crippen LogP contribution in [0.2, 0.25) is 5.02 Å². The van der Waals surface area contributed by atoms with Crippen molar-refractivity contribution in [2.75, 3.05) is 0 Å². The van der Waals surface area contributed by atoms with Crippen LogP contribution < -0.4 is 5.32 Å². The molecule has 110 valence electrons. The third-order valence-electron chi connectivity index (χ3n) is 3.42. The minimum absolute atomic E-state index is 0.0187. The van der Waals surface area contributed by atoms with Crippen LogP contribution in [0.5, 0.6) is 0 Å².